The van der Waals surface area contributed by atoms with Gasteiger partial charge in [-0.2, -0.15) is 0 Å². The van der Waals surface area contributed by atoms with Crippen molar-refractivity contribution in [3.05, 3.63) is 71.3 Å². The number of benzene rings is 2. The van der Waals surface area contributed by atoms with Gasteiger partial charge >= 0.3 is 0 Å². The Morgan fingerprint density at radius 2 is 1.70 bits per heavy atom. The number of halogens is 2. The summed E-state index contributed by atoms with van der Waals surface area (Å²) < 4.78 is 27.0. The molecule has 0 spiro atoms. The van der Waals surface area contributed by atoms with Crippen LogP contribution in [-0.4, -0.2) is 29.1 Å². The zero-order chi connectivity index (χ0) is 26.7. The number of hydrogen-bond donors (Lipinski definition) is 3. The van der Waals surface area contributed by atoms with Gasteiger partial charge in [-0.1, -0.05) is 51.1 Å². The van der Waals surface area contributed by atoms with Crippen LogP contribution in [-0.2, 0) is 22.6 Å². The van der Waals surface area contributed by atoms with Gasteiger partial charge in [0.15, 0.2) is 0 Å². The molecule has 2 saturated carbocycles. The van der Waals surface area contributed by atoms with Gasteiger partial charge in [0, 0.05) is 24.6 Å². The Labute approximate surface area is 218 Å². The summed E-state index contributed by atoms with van der Waals surface area (Å²) >= 11 is 0. The number of fused-ring (bicyclic) bond motifs is 1. The van der Waals surface area contributed by atoms with Crippen LogP contribution in [0.1, 0.15) is 57.6 Å². The van der Waals surface area contributed by atoms with E-state index in [0.29, 0.717) is 12.0 Å². The van der Waals surface area contributed by atoms with E-state index in [2.05, 4.69) is 24.5 Å². The van der Waals surface area contributed by atoms with Crippen LogP contribution in [0.3, 0.4) is 0 Å². The van der Waals surface area contributed by atoms with Gasteiger partial charge in [0.05, 0.1) is 12.5 Å². The molecule has 4 rings (SSSR count). The van der Waals surface area contributed by atoms with Crippen molar-refractivity contribution in [1.82, 2.24) is 10.6 Å². The number of rotatable bonds is 7. The molecule has 7 atom stereocenters. The smallest absolute Gasteiger partial charge is 0.224 e. The molecule has 3 N–H and O–H groups in total. The molecule has 2 aliphatic rings. The molecule has 5 nitrogen and oxygen atoms in total. The van der Waals surface area contributed by atoms with Crippen molar-refractivity contribution in [2.75, 3.05) is 0 Å². The Morgan fingerprint density at radius 3 is 2.38 bits per heavy atom. The Morgan fingerprint density at radius 1 is 1.05 bits per heavy atom. The average molecular weight is 513 g/mol. The van der Waals surface area contributed by atoms with Crippen molar-refractivity contribution in [3.63, 3.8) is 0 Å². The first-order valence-corrected chi connectivity index (χ1v) is 13.3. The van der Waals surface area contributed by atoms with Crippen LogP contribution >= 0.6 is 0 Å². The lowest BCUT2D eigenvalue weighted by Gasteiger charge is -2.56. The SMILES string of the molecule is C[C@H]1[C@@H]2[C@@H](O)C([C@H](C)C(=O)NCc3cc(F)cc(F)c3)CC[C@@]2(C)CC[C@@H]1NC(=O)Cc1ccccc1. The number of aliphatic hydroxyl groups excluding tert-OH is 1. The van der Waals surface area contributed by atoms with E-state index in [4.69, 9.17) is 0 Å². The summed E-state index contributed by atoms with van der Waals surface area (Å²) in [6, 6.07) is 12.8. The summed E-state index contributed by atoms with van der Waals surface area (Å²) in [5.41, 5.74) is 1.27. The van der Waals surface area contributed by atoms with Gasteiger partial charge < -0.3 is 15.7 Å². The Hall–Kier alpha value is -2.80. The molecule has 2 aliphatic carbocycles. The van der Waals surface area contributed by atoms with E-state index in [0.717, 1.165) is 37.3 Å². The summed E-state index contributed by atoms with van der Waals surface area (Å²) in [6.07, 6.45) is 3.05. The van der Waals surface area contributed by atoms with E-state index < -0.39 is 23.7 Å². The fourth-order valence-corrected chi connectivity index (χ4v) is 6.79. The summed E-state index contributed by atoms with van der Waals surface area (Å²) in [5.74, 6) is -2.31. The summed E-state index contributed by atoms with van der Waals surface area (Å²) in [6.45, 7) is 6.15. The van der Waals surface area contributed by atoms with Crippen molar-refractivity contribution in [2.24, 2.45) is 29.1 Å². The standard InChI is InChI=1S/C30H38F2N2O3/c1-18(29(37)33-17-21-13-22(31)16-23(32)14-21)24-9-11-30(3)12-10-25(19(2)27(30)28(24)36)34-26(35)15-20-7-5-4-6-8-20/h4-8,13-14,16,18-19,24-25,27-28,36H,9-12,15,17H2,1-3H3,(H,33,37)(H,34,35)/t18-,19+,24?,25-,27+,28-,30-/m0/s1. The molecule has 0 bridgehead atoms. The average Bonchev–Trinajstić information content (AvgIpc) is 2.84. The minimum Gasteiger partial charge on any atom is -0.392 e. The molecule has 37 heavy (non-hydrogen) atoms. The van der Waals surface area contributed by atoms with Crippen LogP contribution in [0.25, 0.3) is 0 Å². The van der Waals surface area contributed by atoms with E-state index in [1.165, 1.54) is 12.1 Å². The molecule has 7 heteroatoms. The lowest BCUT2D eigenvalue weighted by atomic mass is 9.51. The zero-order valence-electron chi connectivity index (χ0n) is 21.8. The van der Waals surface area contributed by atoms with Gasteiger partial charge in [0.2, 0.25) is 11.8 Å². The van der Waals surface area contributed by atoms with E-state index >= 15 is 0 Å². The zero-order valence-corrected chi connectivity index (χ0v) is 21.8. The predicted molar refractivity (Wildman–Crippen MR) is 138 cm³/mol. The van der Waals surface area contributed by atoms with Gasteiger partial charge in [-0.05, 0) is 72.1 Å². The number of aliphatic hydroxyl groups is 1. The van der Waals surface area contributed by atoms with Gasteiger partial charge in [0.1, 0.15) is 11.6 Å². The first-order valence-electron chi connectivity index (χ1n) is 13.3. The topological polar surface area (TPSA) is 78.4 Å². The van der Waals surface area contributed by atoms with Crippen LogP contribution < -0.4 is 10.6 Å². The van der Waals surface area contributed by atoms with Gasteiger partial charge in [0.25, 0.3) is 0 Å². The Kier molecular flexibility index (Phi) is 8.32. The predicted octanol–water partition coefficient (Wildman–Crippen LogP) is 4.77. The lowest BCUT2D eigenvalue weighted by molar-refractivity contribution is -0.143. The van der Waals surface area contributed by atoms with Crippen LogP contribution in [0.15, 0.2) is 48.5 Å². The van der Waals surface area contributed by atoms with Crippen LogP contribution in [0.4, 0.5) is 8.78 Å². The highest BCUT2D eigenvalue weighted by Gasteiger charge is 2.53. The molecule has 0 heterocycles. The maximum absolute atomic E-state index is 13.5. The quantitative estimate of drug-likeness (QED) is 0.500. The largest absolute Gasteiger partial charge is 0.392 e. The maximum Gasteiger partial charge on any atom is 0.224 e. The molecule has 1 unspecified atom stereocenters. The van der Waals surface area contributed by atoms with Crippen LogP contribution in [0, 0.1) is 40.7 Å². The molecule has 0 radical (unpaired) electrons. The third-order valence-corrected chi connectivity index (χ3v) is 8.89. The molecular formula is C30H38F2N2O3. The molecule has 2 aromatic rings. The number of amides is 2. The highest BCUT2D eigenvalue weighted by atomic mass is 19.1. The molecule has 2 fully saturated rings. The van der Waals surface area contributed by atoms with Gasteiger partial charge in [-0.25, -0.2) is 8.78 Å². The normalized spacial score (nSPS) is 30.2. The van der Waals surface area contributed by atoms with E-state index in [-0.39, 0.29) is 47.6 Å². The van der Waals surface area contributed by atoms with Crippen molar-refractivity contribution in [3.8, 4) is 0 Å². The number of carbonyl (C=O) groups is 2. The molecule has 0 saturated heterocycles. The minimum atomic E-state index is -0.685. The molecule has 200 valence electrons. The monoisotopic (exact) mass is 512 g/mol. The van der Waals surface area contributed by atoms with E-state index in [1.807, 2.05) is 37.3 Å². The summed E-state index contributed by atoms with van der Waals surface area (Å²) in [5, 5.41) is 17.6. The van der Waals surface area contributed by atoms with Crippen molar-refractivity contribution in [2.45, 2.75) is 71.6 Å². The fraction of sp³-hybridized carbons (Fsp3) is 0.533. The highest BCUT2D eigenvalue weighted by Crippen LogP contribution is 2.55. The Balaban J connectivity index is 1.39. The third-order valence-electron chi connectivity index (χ3n) is 8.89. The van der Waals surface area contributed by atoms with Gasteiger partial charge in [-0.3, -0.25) is 9.59 Å². The second-order valence-corrected chi connectivity index (χ2v) is 11.4. The van der Waals surface area contributed by atoms with E-state index in [9.17, 15) is 23.5 Å². The van der Waals surface area contributed by atoms with Gasteiger partial charge in [-0.15, -0.1) is 0 Å². The summed E-state index contributed by atoms with van der Waals surface area (Å²) in [7, 11) is 0. The molecular weight excluding hydrogens is 474 g/mol. The second kappa shape index (κ2) is 11.3. The maximum atomic E-state index is 13.5. The van der Waals surface area contributed by atoms with Crippen LogP contribution in [0.5, 0.6) is 0 Å². The third kappa shape index (κ3) is 6.20. The van der Waals surface area contributed by atoms with Crippen molar-refractivity contribution < 1.29 is 23.5 Å². The Bertz CT molecular complexity index is 1090. The second-order valence-electron chi connectivity index (χ2n) is 11.4. The van der Waals surface area contributed by atoms with Crippen LogP contribution in [0.2, 0.25) is 0 Å². The minimum absolute atomic E-state index is 0.0185. The van der Waals surface area contributed by atoms with E-state index in [1.54, 1.807) is 0 Å². The van der Waals surface area contributed by atoms with Crippen molar-refractivity contribution in [1.29, 1.82) is 0 Å². The first-order chi connectivity index (χ1) is 17.6. The number of nitrogens with one attached hydrogen (secondary N) is 2. The first kappa shape index (κ1) is 27.2. The number of carbonyl (C=O) groups excluding carboxylic acids is 2. The molecule has 0 aromatic heterocycles. The van der Waals surface area contributed by atoms with Crippen molar-refractivity contribution >= 4 is 11.8 Å². The molecule has 0 aliphatic heterocycles. The molecule has 2 amide bonds. The fourth-order valence-electron chi connectivity index (χ4n) is 6.79. The number of hydrogen-bond acceptors (Lipinski definition) is 3. The summed E-state index contributed by atoms with van der Waals surface area (Å²) in [4.78, 5) is 25.7. The lowest BCUT2D eigenvalue weighted by Crippen LogP contribution is -2.58. The molecule has 2 aromatic carbocycles. The highest BCUT2D eigenvalue weighted by molar-refractivity contribution is 5.79.